The van der Waals surface area contributed by atoms with Gasteiger partial charge in [-0.3, -0.25) is 4.68 Å². The molecule has 1 aromatic carbocycles. The highest BCUT2D eigenvalue weighted by Gasteiger charge is 2.20. The number of hydrogen-bond donors (Lipinski definition) is 1. The monoisotopic (exact) mass is 273 g/mol. The van der Waals surface area contributed by atoms with Crippen molar-refractivity contribution in [1.82, 2.24) is 15.1 Å². The zero-order chi connectivity index (χ0) is 14.5. The Morgan fingerprint density at radius 1 is 1.25 bits per heavy atom. The Morgan fingerprint density at radius 3 is 2.60 bits per heavy atom. The molecule has 2 aromatic rings. The van der Waals surface area contributed by atoms with Gasteiger partial charge in [0.25, 0.3) is 0 Å². The van der Waals surface area contributed by atoms with E-state index in [-0.39, 0.29) is 12.1 Å². The molecular formula is C16H23N3O. The molecule has 1 heterocycles. The van der Waals surface area contributed by atoms with Gasteiger partial charge in [0.2, 0.25) is 0 Å². The van der Waals surface area contributed by atoms with Gasteiger partial charge in [-0.15, -0.1) is 0 Å². The molecular weight excluding hydrogens is 250 g/mol. The maximum atomic E-state index is 5.94. The van der Waals surface area contributed by atoms with Crippen molar-refractivity contribution in [3.63, 3.8) is 0 Å². The van der Waals surface area contributed by atoms with Crippen LogP contribution in [0.1, 0.15) is 38.1 Å². The number of para-hydroxylation sites is 1. The minimum atomic E-state index is 0.0856. The van der Waals surface area contributed by atoms with E-state index in [2.05, 4.69) is 23.4 Å². The Labute approximate surface area is 120 Å². The number of ether oxygens (including phenoxy) is 1. The first-order chi connectivity index (χ1) is 9.63. The number of rotatable bonds is 6. The van der Waals surface area contributed by atoms with Gasteiger partial charge in [0, 0.05) is 18.8 Å². The fourth-order valence-electron chi connectivity index (χ4n) is 2.33. The van der Waals surface area contributed by atoms with Crippen molar-refractivity contribution < 1.29 is 4.74 Å². The van der Waals surface area contributed by atoms with E-state index in [4.69, 9.17) is 4.74 Å². The molecule has 1 unspecified atom stereocenters. The highest BCUT2D eigenvalue weighted by atomic mass is 16.5. The molecule has 4 heteroatoms. The third kappa shape index (κ3) is 3.20. The maximum Gasteiger partial charge on any atom is 0.124 e. The van der Waals surface area contributed by atoms with E-state index in [0.717, 1.165) is 23.6 Å². The Bertz CT molecular complexity index is 548. The Kier molecular flexibility index (Phi) is 4.79. The first kappa shape index (κ1) is 14.6. The van der Waals surface area contributed by atoms with Crippen LogP contribution in [0.5, 0.6) is 5.75 Å². The van der Waals surface area contributed by atoms with Crippen molar-refractivity contribution in [2.24, 2.45) is 7.05 Å². The molecule has 0 radical (unpaired) electrons. The van der Waals surface area contributed by atoms with E-state index in [1.807, 2.05) is 56.0 Å². The summed E-state index contributed by atoms with van der Waals surface area (Å²) in [5.74, 6) is 0.926. The zero-order valence-corrected chi connectivity index (χ0v) is 12.6. The fourth-order valence-corrected chi connectivity index (χ4v) is 2.33. The second kappa shape index (κ2) is 6.57. The van der Waals surface area contributed by atoms with Gasteiger partial charge >= 0.3 is 0 Å². The molecule has 0 saturated carbocycles. The van der Waals surface area contributed by atoms with Crippen LogP contribution in [0.3, 0.4) is 0 Å². The van der Waals surface area contributed by atoms with Crippen LogP contribution in [-0.4, -0.2) is 22.4 Å². The lowest BCUT2D eigenvalue weighted by Crippen LogP contribution is -2.25. The lowest BCUT2D eigenvalue weighted by molar-refractivity contribution is 0.238. The fraction of sp³-hybridized carbons (Fsp3) is 0.438. The molecule has 1 N–H and O–H groups in total. The quantitative estimate of drug-likeness (QED) is 0.879. The second-order valence-electron chi connectivity index (χ2n) is 5.07. The zero-order valence-electron chi connectivity index (χ0n) is 12.6. The Morgan fingerprint density at radius 2 is 2.00 bits per heavy atom. The summed E-state index contributed by atoms with van der Waals surface area (Å²) in [5.41, 5.74) is 2.28. The van der Waals surface area contributed by atoms with Gasteiger partial charge in [-0.25, -0.2) is 0 Å². The predicted molar refractivity (Wildman–Crippen MR) is 80.9 cm³/mol. The number of nitrogens with zero attached hydrogens (tertiary/aromatic N) is 2. The van der Waals surface area contributed by atoms with Crippen LogP contribution in [0.25, 0.3) is 0 Å². The molecule has 0 amide bonds. The van der Waals surface area contributed by atoms with E-state index in [0.29, 0.717) is 0 Å². The summed E-state index contributed by atoms with van der Waals surface area (Å²) in [4.78, 5) is 0. The molecule has 108 valence electrons. The number of aryl methyl sites for hydroxylation is 1. The summed E-state index contributed by atoms with van der Waals surface area (Å²) in [6, 6.07) is 10.3. The molecule has 0 bridgehead atoms. The van der Waals surface area contributed by atoms with Gasteiger partial charge in [-0.2, -0.15) is 5.10 Å². The minimum absolute atomic E-state index is 0.0856. The molecule has 1 atom stereocenters. The molecule has 0 fully saturated rings. The molecule has 4 nitrogen and oxygen atoms in total. The number of benzene rings is 1. The van der Waals surface area contributed by atoms with Crippen molar-refractivity contribution >= 4 is 0 Å². The summed E-state index contributed by atoms with van der Waals surface area (Å²) in [5, 5.41) is 7.79. The summed E-state index contributed by atoms with van der Waals surface area (Å²) in [7, 11) is 1.96. The topological polar surface area (TPSA) is 39.1 Å². The van der Waals surface area contributed by atoms with E-state index in [9.17, 15) is 0 Å². The van der Waals surface area contributed by atoms with Crippen LogP contribution < -0.4 is 10.1 Å². The van der Waals surface area contributed by atoms with E-state index in [1.54, 1.807) is 0 Å². The predicted octanol–water partition coefficient (Wildman–Crippen LogP) is 2.91. The average molecular weight is 273 g/mol. The Balaban J connectivity index is 2.42. The van der Waals surface area contributed by atoms with Gasteiger partial charge in [0.1, 0.15) is 5.75 Å². The third-order valence-electron chi connectivity index (χ3n) is 3.16. The summed E-state index contributed by atoms with van der Waals surface area (Å²) < 4.78 is 7.84. The van der Waals surface area contributed by atoms with Crippen molar-refractivity contribution in [1.29, 1.82) is 0 Å². The number of nitrogens with one attached hydrogen (secondary N) is 1. The standard InChI is InChI=1S/C16H23N3O/c1-5-17-16(14-10-11-18-19(14)4)13-8-6-7-9-15(13)20-12(2)3/h6-12,16-17H,5H2,1-4H3. The molecule has 0 spiro atoms. The van der Waals surface area contributed by atoms with Crippen LogP contribution >= 0.6 is 0 Å². The lowest BCUT2D eigenvalue weighted by Gasteiger charge is -2.22. The third-order valence-corrected chi connectivity index (χ3v) is 3.16. The van der Waals surface area contributed by atoms with Gasteiger partial charge < -0.3 is 10.1 Å². The van der Waals surface area contributed by atoms with Crippen LogP contribution in [0.4, 0.5) is 0 Å². The van der Waals surface area contributed by atoms with Gasteiger partial charge in [-0.05, 0) is 32.5 Å². The number of aromatic nitrogens is 2. The van der Waals surface area contributed by atoms with Crippen molar-refractivity contribution in [2.75, 3.05) is 6.54 Å². The smallest absolute Gasteiger partial charge is 0.124 e. The van der Waals surface area contributed by atoms with Gasteiger partial charge in [0.05, 0.1) is 17.8 Å². The maximum absolute atomic E-state index is 5.94. The van der Waals surface area contributed by atoms with Gasteiger partial charge in [-0.1, -0.05) is 25.1 Å². The average Bonchev–Trinajstić information content (AvgIpc) is 2.82. The highest BCUT2D eigenvalue weighted by molar-refractivity contribution is 5.40. The first-order valence-electron chi connectivity index (χ1n) is 7.10. The second-order valence-corrected chi connectivity index (χ2v) is 5.07. The summed E-state index contributed by atoms with van der Waals surface area (Å²) >= 11 is 0. The van der Waals surface area contributed by atoms with Crippen LogP contribution in [0, 0.1) is 0 Å². The first-order valence-corrected chi connectivity index (χ1v) is 7.10. The highest BCUT2D eigenvalue weighted by Crippen LogP contribution is 2.30. The van der Waals surface area contributed by atoms with Crippen LogP contribution in [-0.2, 0) is 7.05 Å². The Hall–Kier alpha value is -1.81. The minimum Gasteiger partial charge on any atom is -0.491 e. The summed E-state index contributed by atoms with van der Waals surface area (Å²) in [6.07, 6.45) is 1.98. The molecule has 20 heavy (non-hydrogen) atoms. The normalized spacial score (nSPS) is 12.7. The van der Waals surface area contributed by atoms with Crippen molar-refractivity contribution in [2.45, 2.75) is 32.9 Å². The summed E-state index contributed by atoms with van der Waals surface area (Å²) in [6.45, 7) is 7.08. The SMILES string of the molecule is CCNC(c1ccccc1OC(C)C)c1ccnn1C. The molecule has 0 aliphatic heterocycles. The molecule has 1 aromatic heterocycles. The van der Waals surface area contributed by atoms with E-state index in [1.165, 1.54) is 0 Å². The molecule has 0 saturated heterocycles. The number of hydrogen-bond acceptors (Lipinski definition) is 3. The van der Waals surface area contributed by atoms with Crippen molar-refractivity contribution in [3.8, 4) is 5.75 Å². The van der Waals surface area contributed by atoms with E-state index < -0.39 is 0 Å². The molecule has 2 rings (SSSR count). The lowest BCUT2D eigenvalue weighted by atomic mass is 10.0. The largest absolute Gasteiger partial charge is 0.491 e. The molecule has 0 aliphatic carbocycles. The van der Waals surface area contributed by atoms with E-state index >= 15 is 0 Å². The molecule has 0 aliphatic rings. The van der Waals surface area contributed by atoms with Crippen molar-refractivity contribution in [3.05, 3.63) is 47.8 Å². The van der Waals surface area contributed by atoms with Crippen LogP contribution in [0.15, 0.2) is 36.5 Å². The van der Waals surface area contributed by atoms with Gasteiger partial charge in [0.15, 0.2) is 0 Å². The van der Waals surface area contributed by atoms with Crippen LogP contribution in [0.2, 0.25) is 0 Å².